The van der Waals surface area contributed by atoms with Gasteiger partial charge in [0.05, 0.1) is 0 Å². The van der Waals surface area contributed by atoms with Crippen molar-refractivity contribution in [3.8, 4) is 5.75 Å². The maximum absolute atomic E-state index is 11.3. The molecular formula is C12H17NO3. The number of phenols is 1. The minimum absolute atomic E-state index is 0.000364. The van der Waals surface area contributed by atoms with Crippen LogP contribution in [0.25, 0.3) is 0 Å². The molecule has 16 heavy (non-hydrogen) atoms. The van der Waals surface area contributed by atoms with Crippen molar-refractivity contribution in [3.63, 3.8) is 0 Å². The van der Waals surface area contributed by atoms with Gasteiger partial charge in [-0.05, 0) is 24.1 Å². The molecule has 1 rings (SSSR count). The molecule has 0 aliphatic carbocycles. The lowest BCUT2D eigenvalue weighted by Gasteiger charge is -2.05. The van der Waals surface area contributed by atoms with Crippen molar-refractivity contribution in [2.45, 2.75) is 19.4 Å². The summed E-state index contributed by atoms with van der Waals surface area (Å²) in [7, 11) is 1.62. The quantitative estimate of drug-likeness (QED) is 0.717. The first-order valence-electron chi connectivity index (χ1n) is 5.26. The first kappa shape index (κ1) is 12.5. The zero-order chi connectivity index (χ0) is 11.8. The lowest BCUT2D eigenvalue weighted by atomic mass is 10.2. The van der Waals surface area contributed by atoms with Gasteiger partial charge < -0.3 is 15.2 Å². The molecule has 0 heterocycles. The summed E-state index contributed by atoms with van der Waals surface area (Å²) in [6.45, 7) is 1.04. The molecule has 0 bridgehead atoms. The maximum atomic E-state index is 11.3. The van der Waals surface area contributed by atoms with E-state index < -0.39 is 0 Å². The highest BCUT2D eigenvalue weighted by atomic mass is 16.5. The number of nitrogens with one attached hydrogen (secondary N) is 1. The summed E-state index contributed by atoms with van der Waals surface area (Å²) in [6.07, 6.45) is 1.19. The Morgan fingerprint density at radius 2 is 2.31 bits per heavy atom. The highest BCUT2D eigenvalue weighted by Gasteiger charge is 2.01. The molecule has 0 saturated carbocycles. The minimum Gasteiger partial charge on any atom is -0.508 e. The zero-order valence-electron chi connectivity index (χ0n) is 9.40. The Hall–Kier alpha value is -1.55. The fraction of sp³-hybridized carbons (Fsp3) is 0.417. The Bertz CT molecular complexity index is 339. The van der Waals surface area contributed by atoms with E-state index in [4.69, 9.17) is 4.74 Å². The lowest BCUT2D eigenvalue weighted by molar-refractivity contribution is -0.121. The monoisotopic (exact) mass is 223 g/mol. The Labute approximate surface area is 95.2 Å². The molecule has 88 valence electrons. The van der Waals surface area contributed by atoms with Gasteiger partial charge in [0.25, 0.3) is 0 Å². The molecule has 0 fully saturated rings. The molecule has 2 N–H and O–H groups in total. The number of rotatable bonds is 6. The first-order chi connectivity index (χ1) is 7.72. The molecule has 0 spiro atoms. The van der Waals surface area contributed by atoms with Crippen LogP contribution in [-0.2, 0) is 16.1 Å². The van der Waals surface area contributed by atoms with Crippen LogP contribution in [0.4, 0.5) is 0 Å². The largest absolute Gasteiger partial charge is 0.508 e. The van der Waals surface area contributed by atoms with Crippen molar-refractivity contribution in [3.05, 3.63) is 29.8 Å². The van der Waals surface area contributed by atoms with Crippen LogP contribution in [0, 0.1) is 0 Å². The summed E-state index contributed by atoms with van der Waals surface area (Å²) in [5.41, 5.74) is 0.889. The Morgan fingerprint density at radius 1 is 1.50 bits per heavy atom. The maximum Gasteiger partial charge on any atom is 0.220 e. The summed E-state index contributed by atoms with van der Waals surface area (Å²) in [6, 6.07) is 6.84. The minimum atomic E-state index is 0.000364. The molecule has 1 aromatic rings. The summed E-state index contributed by atoms with van der Waals surface area (Å²) >= 11 is 0. The van der Waals surface area contributed by atoms with Gasteiger partial charge in [-0.3, -0.25) is 4.79 Å². The van der Waals surface area contributed by atoms with Crippen molar-refractivity contribution < 1.29 is 14.6 Å². The third kappa shape index (κ3) is 4.79. The molecule has 4 heteroatoms. The van der Waals surface area contributed by atoms with Gasteiger partial charge in [-0.1, -0.05) is 12.1 Å². The molecule has 0 atom stereocenters. The van der Waals surface area contributed by atoms with Gasteiger partial charge in [0.1, 0.15) is 5.75 Å². The highest BCUT2D eigenvalue weighted by molar-refractivity contribution is 5.75. The number of amides is 1. The van der Waals surface area contributed by atoms with Gasteiger partial charge >= 0.3 is 0 Å². The third-order valence-corrected chi connectivity index (χ3v) is 2.15. The Kier molecular flexibility index (Phi) is 5.36. The average Bonchev–Trinajstić information content (AvgIpc) is 2.27. The van der Waals surface area contributed by atoms with Gasteiger partial charge in [-0.25, -0.2) is 0 Å². The highest BCUT2D eigenvalue weighted by Crippen LogP contribution is 2.10. The second-order valence-corrected chi connectivity index (χ2v) is 3.54. The SMILES string of the molecule is COCCCC(=O)NCc1cccc(O)c1. The molecule has 0 aliphatic heterocycles. The van der Waals surface area contributed by atoms with Gasteiger partial charge in [-0.2, -0.15) is 0 Å². The number of aromatic hydroxyl groups is 1. The number of hydrogen-bond donors (Lipinski definition) is 2. The van der Waals surface area contributed by atoms with Crippen LogP contribution in [0.5, 0.6) is 5.75 Å². The molecule has 0 aliphatic rings. The summed E-state index contributed by atoms with van der Waals surface area (Å²) < 4.78 is 4.86. The van der Waals surface area contributed by atoms with Gasteiger partial charge in [0.2, 0.25) is 5.91 Å². The smallest absolute Gasteiger partial charge is 0.220 e. The fourth-order valence-electron chi connectivity index (χ4n) is 1.33. The van der Waals surface area contributed by atoms with Gasteiger partial charge in [0.15, 0.2) is 0 Å². The standard InChI is InChI=1S/C12H17NO3/c1-16-7-3-6-12(15)13-9-10-4-2-5-11(14)8-10/h2,4-5,8,14H,3,6-7,9H2,1H3,(H,13,15). The average molecular weight is 223 g/mol. The summed E-state index contributed by atoms with van der Waals surface area (Å²) in [5, 5.41) is 12.0. The molecule has 1 aromatic carbocycles. The number of ether oxygens (including phenoxy) is 1. The van der Waals surface area contributed by atoms with Crippen molar-refractivity contribution in [1.29, 1.82) is 0 Å². The van der Waals surface area contributed by atoms with Crippen molar-refractivity contribution in [2.75, 3.05) is 13.7 Å². The second kappa shape index (κ2) is 6.85. The Balaban J connectivity index is 2.26. The first-order valence-corrected chi connectivity index (χ1v) is 5.26. The van der Waals surface area contributed by atoms with Crippen LogP contribution in [0.15, 0.2) is 24.3 Å². The third-order valence-electron chi connectivity index (χ3n) is 2.15. The van der Waals surface area contributed by atoms with E-state index in [-0.39, 0.29) is 11.7 Å². The van der Waals surface area contributed by atoms with E-state index in [1.54, 1.807) is 25.3 Å². The molecule has 0 unspecified atom stereocenters. The molecule has 0 saturated heterocycles. The normalized spacial score (nSPS) is 10.1. The molecular weight excluding hydrogens is 206 g/mol. The van der Waals surface area contributed by atoms with E-state index in [1.165, 1.54) is 0 Å². The molecule has 1 amide bonds. The van der Waals surface area contributed by atoms with Crippen molar-refractivity contribution in [2.24, 2.45) is 0 Å². The topological polar surface area (TPSA) is 58.6 Å². The zero-order valence-corrected chi connectivity index (χ0v) is 9.40. The van der Waals surface area contributed by atoms with E-state index in [9.17, 15) is 9.90 Å². The Morgan fingerprint density at radius 3 is 3.00 bits per heavy atom. The number of benzene rings is 1. The van der Waals surface area contributed by atoms with E-state index >= 15 is 0 Å². The van der Waals surface area contributed by atoms with Crippen LogP contribution in [0.2, 0.25) is 0 Å². The van der Waals surface area contributed by atoms with Gasteiger partial charge in [0, 0.05) is 26.7 Å². The number of carbonyl (C=O) groups excluding carboxylic acids is 1. The van der Waals surface area contributed by atoms with Crippen LogP contribution in [-0.4, -0.2) is 24.7 Å². The number of phenolic OH excluding ortho intramolecular Hbond substituents is 1. The van der Waals surface area contributed by atoms with Gasteiger partial charge in [-0.15, -0.1) is 0 Å². The number of hydrogen-bond acceptors (Lipinski definition) is 3. The molecule has 0 radical (unpaired) electrons. The number of methoxy groups -OCH3 is 1. The second-order valence-electron chi connectivity index (χ2n) is 3.54. The lowest BCUT2D eigenvalue weighted by Crippen LogP contribution is -2.22. The predicted octanol–water partition coefficient (Wildman–Crippen LogP) is 1.43. The van der Waals surface area contributed by atoms with Crippen LogP contribution in [0.3, 0.4) is 0 Å². The van der Waals surface area contributed by atoms with Crippen LogP contribution in [0.1, 0.15) is 18.4 Å². The van der Waals surface area contributed by atoms with Crippen LogP contribution >= 0.6 is 0 Å². The molecule has 4 nitrogen and oxygen atoms in total. The molecule has 0 aromatic heterocycles. The van der Waals surface area contributed by atoms with E-state index in [1.807, 2.05) is 6.07 Å². The predicted molar refractivity (Wildman–Crippen MR) is 61.1 cm³/mol. The number of carbonyl (C=O) groups is 1. The summed E-state index contributed by atoms with van der Waals surface area (Å²) in [4.78, 5) is 11.3. The van der Waals surface area contributed by atoms with E-state index in [0.29, 0.717) is 19.6 Å². The van der Waals surface area contributed by atoms with Crippen molar-refractivity contribution >= 4 is 5.91 Å². The van der Waals surface area contributed by atoms with Crippen LogP contribution < -0.4 is 5.32 Å². The van der Waals surface area contributed by atoms with E-state index in [0.717, 1.165) is 12.0 Å². The van der Waals surface area contributed by atoms with E-state index in [2.05, 4.69) is 5.32 Å². The fourth-order valence-corrected chi connectivity index (χ4v) is 1.33. The van der Waals surface area contributed by atoms with Crippen molar-refractivity contribution in [1.82, 2.24) is 5.32 Å². The summed E-state index contributed by atoms with van der Waals surface area (Å²) in [5.74, 6) is 0.214.